The van der Waals surface area contributed by atoms with Gasteiger partial charge < -0.3 is 14.5 Å². The lowest BCUT2D eigenvalue weighted by Gasteiger charge is -2.32. The molecule has 1 aromatic heterocycles. The molecule has 1 unspecified atom stereocenters. The minimum Gasteiger partial charge on any atom is -0.443 e. The third-order valence-electron chi connectivity index (χ3n) is 9.56. The van der Waals surface area contributed by atoms with Crippen molar-refractivity contribution in [2.24, 2.45) is 5.92 Å². The minimum atomic E-state index is -0.810. The summed E-state index contributed by atoms with van der Waals surface area (Å²) >= 11 is 6.70. The molecule has 0 spiro atoms. The summed E-state index contributed by atoms with van der Waals surface area (Å²) in [4.78, 5) is 16.3. The SMILES string of the molecule is C[N+](=CC1CCN(C#N)C1)c1nc(OC[C@@]23CCCN2C[C@H](F)C3)nc2c1CCN(c1cccc3cccc(Cl)c13)C2. The molecule has 4 aliphatic heterocycles. The van der Waals surface area contributed by atoms with E-state index in [4.69, 9.17) is 26.3 Å². The Balaban J connectivity index is 1.23. The van der Waals surface area contributed by atoms with E-state index < -0.39 is 6.17 Å². The second-order valence-corrected chi connectivity index (χ2v) is 12.7. The Morgan fingerprint density at radius 3 is 2.88 bits per heavy atom. The van der Waals surface area contributed by atoms with Crippen LogP contribution in [-0.2, 0) is 13.0 Å². The number of ether oxygens (including phenoxy) is 1. The van der Waals surface area contributed by atoms with Crippen LogP contribution in [0.4, 0.5) is 15.9 Å². The van der Waals surface area contributed by atoms with Crippen molar-refractivity contribution in [1.29, 1.82) is 5.26 Å². The van der Waals surface area contributed by atoms with E-state index >= 15 is 0 Å². The third kappa shape index (κ3) is 4.95. The summed E-state index contributed by atoms with van der Waals surface area (Å²) in [6.45, 7) is 4.70. The molecule has 3 aromatic rings. The maximum Gasteiger partial charge on any atom is 0.434 e. The monoisotopic (exact) mass is 588 g/mol. The minimum absolute atomic E-state index is 0.271. The molecule has 0 N–H and O–H groups in total. The van der Waals surface area contributed by atoms with Gasteiger partial charge in [0.05, 0.1) is 41.6 Å². The summed E-state index contributed by atoms with van der Waals surface area (Å²) in [5.74, 6) is 1.12. The van der Waals surface area contributed by atoms with Crippen LogP contribution in [0, 0.1) is 17.4 Å². The van der Waals surface area contributed by atoms with Crippen LogP contribution in [0.1, 0.15) is 36.9 Å². The van der Waals surface area contributed by atoms with Crippen molar-refractivity contribution in [3.8, 4) is 12.2 Å². The lowest BCUT2D eigenvalue weighted by Crippen LogP contribution is -2.43. The van der Waals surface area contributed by atoms with E-state index in [0.29, 0.717) is 32.1 Å². The molecule has 0 saturated carbocycles. The number of halogens is 2. The van der Waals surface area contributed by atoms with Crippen molar-refractivity contribution in [2.75, 3.05) is 51.3 Å². The highest BCUT2D eigenvalue weighted by Crippen LogP contribution is 2.41. The highest BCUT2D eigenvalue weighted by atomic mass is 35.5. The number of aromatic nitrogens is 2. The molecule has 3 fully saturated rings. The number of benzene rings is 2. The van der Waals surface area contributed by atoms with Gasteiger partial charge in [0, 0.05) is 61.0 Å². The topological polar surface area (TPSA) is 71.5 Å². The first-order valence-corrected chi connectivity index (χ1v) is 15.4. The fourth-order valence-electron chi connectivity index (χ4n) is 7.52. The number of nitriles is 1. The molecule has 218 valence electrons. The number of alkyl halides is 1. The van der Waals surface area contributed by atoms with Gasteiger partial charge in [-0.2, -0.15) is 10.2 Å². The van der Waals surface area contributed by atoms with Gasteiger partial charge in [0.1, 0.15) is 12.8 Å². The molecule has 10 heteroatoms. The number of nitrogens with zero attached hydrogens (tertiary/aromatic N) is 7. The number of anilines is 1. The molecule has 0 amide bonds. The highest BCUT2D eigenvalue weighted by molar-refractivity contribution is 6.36. The largest absolute Gasteiger partial charge is 0.443 e. The summed E-state index contributed by atoms with van der Waals surface area (Å²) in [7, 11) is 2.03. The zero-order valence-corrected chi connectivity index (χ0v) is 24.7. The number of rotatable bonds is 6. The van der Waals surface area contributed by atoms with Crippen LogP contribution in [-0.4, -0.2) is 88.6 Å². The van der Waals surface area contributed by atoms with Crippen molar-refractivity contribution < 1.29 is 13.7 Å². The average Bonchev–Trinajstić information content (AvgIpc) is 3.69. The molecule has 0 aliphatic carbocycles. The van der Waals surface area contributed by atoms with Crippen LogP contribution in [0.2, 0.25) is 5.02 Å². The van der Waals surface area contributed by atoms with E-state index in [2.05, 4.69) is 51.0 Å². The second-order valence-electron chi connectivity index (χ2n) is 12.3. The lowest BCUT2D eigenvalue weighted by atomic mass is 9.95. The van der Waals surface area contributed by atoms with Crippen LogP contribution < -0.4 is 9.64 Å². The third-order valence-corrected chi connectivity index (χ3v) is 9.88. The molecule has 2 aromatic carbocycles. The van der Waals surface area contributed by atoms with Crippen molar-refractivity contribution in [2.45, 2.75) is 50.4 Å². The Labute approximate surface area is 251 Å². The molecule has 4 aliphatic rings. The molecular weight excluding hydrogens is 553 g/mol. The molecule has 3 saturated heterocycles. The zero-order valence-electron chi connectivity index (χ0n) is 24.0. The molecule has 8 nitrogen and oxygen atoms in total. The molecule has 5 heterocycles. The highest BCUT2D eigenvalue weighted by Gasteiger charge is 2.49. The normalized spacial score (nSPS) is 26.0. The van der Waals surface area contributed by atoms with Gasteiger partial charge in [-0.3, -0.25) is 4.90 Å². The van der Waals surface area contributed by atoms with Gasteiger partial charge in [0.25, 0.3) is 0 Å². The van der Waals surface area contributed by atoms with Gasteiger partial charge in [-0.1, -0.05) is 35.9 Å². The van der Waals surface area contributed by atoms with Crippen molar-refractivity contribution >= 4 is 40.1 Å². The van der Waals surface area contributed by atoms with E-state index in [9.17, 15) is 9.65 Å². The fourth-order valence-corrected chi connectivity index (χ4v) is 7.80. The van der Waals surface area contributed by atoms with E-state index in [1.807, 2.05) is 19.2 Å². The Kier molecular flexibility index (Phi) is 7.15. The molecule has 42 heavy (non-hydrogen) atoms. The van der Waals surface area contributed by atoms with E-state index in [1.54, 1.807) is 4.90 Å². The summed E-state index contributed by atoms with van der Waals surface area (Å²) in [6.07, 6.45) is 7.86. The number of likely N-dealkylation sites (tertiary alicyclic amines) is 1. The Morgan fingerprint density at radius 1 is 1.19 bits per heavy atom. The number of hydrogen-bond acceptors (Lipinski definition) is 7. The smallest absolute Gasteiger partial charge is 0.434 e. The van der Waals surface area contributed by atoms with Crippen LogP contribution in [0.3, 0.4) is 0 Å². The first-order chi connectivity index (χ1) is 20.4. The van der Waals surface area contributed by atoms with E-state index in [-0.39, 0.29) is 11.5 Å². The van der Waals surface area contributed by atoms with Gasteiger partial charge in [0.2, 0.25) is 0 Å². The number of fused-ring (bicyclic) bond motifs is 3. The van der Waals surface area contributed by atoms with Gasteiger partial charge in [0.15, 0.2) is 6.19 Å². The first kappa shape index (κ1) is 27.4. The van der Waals surface area contributed by atoms with Crippen LogP contribution in [0.25, 0.3) is 10.8 Å². The summed E-state index contributed by atoms with van der Waals surface area (Å²) < 4.78 is 22.9. The summed E-state index contributed by atoms with van der Waals surface area (Å²) in [6, 6.07) is 12.6. The molecular formula is C32H36ClFN7O+. The maximum absolute atomic E-state index is 14.4. The summed E-state index contributed by atoms with van der Waals surface area (Å²) in [5, 5.41) is 12.2. The Hall–Kier alpha value is -3.48. The lowest BCUT2D eigenvalue weighted by molar-refractivity contribution is -0.407. The van der Waals surface area contributed by atoms with Crippen LogP contribution in [0.5, 0.6) is 6.01 Å². The van der Waals surface area contributed by atoms with Crippen LogP contribution >= 0.6 is 11.6 Å². The van der Waals surface area contributed by atoms with Gasteiger partial charge >= 0.3 is 11.8 Å². The first-order valence-electron chi connectivity index (χ1n) is 15.0. The van der Waals surface area contributed by atoms with E-state index in [0.717, 1.165) is 90.4 Å². The zero-order chi connectivity index (χ0) is 28.8. The molecule has 7 rings (SSSR count). The molecule has 0 radical (unpaired) electrons. The quantitative estimate of drug-likeness (QED) is 0.229. The standard InChI is InChI=1S/C32H36ClFN7O/c1-38(16-22-9-13-39(17-22)21-35)30-25-10-14-40(28-8-3-6-23-5-2-7-26(33)29(23)28)19-27(25)36-31(37-30)42-20-32-11-4-12-41(32)18-24(34)15-32/h2-3,5-8,16,22,24H,4,9-15,17-20H2,1H3/q+1/t22?,24-,32+/m1/s1. The average molecular weight is 589 g/mol. The Morgan fingerprint density at radius 2 is 2.05 bits per heavy atom. The van der Waals surface area contributed by atoms with Crippen molar-refractivity contribution in [1.82, 2.24) is 19.8 Å². The predicted molar refractivity (Wildman–Crippen MR) is 161 cm³/mol. The number of hydrogen-bond donors (Lipinski definition) is 0. The van der Waals surface area contributed by atoms with Gasteiger partial charge in [-0.05, 0) is 43.3 Å². The molecule has 3 atom stereocenters. The van der Waals surface area contributed by atoms with Crippen LogP contribution in [0.15, 0.2) is 36.4 Å². The molecule has 0 bridgehead atoms. The fraction of sp³-hybridized carbons (Fsp3) is 0.500. The second kappa shape index (κ2) is 11.0. The van der Waals surface area contributed by atoms with Crippen molar-refractivity contribution in [3.63, 3.8) is 0 Å². The maximum atomic E-state index is 14.4. The summed E-state index contributed by atoms with van der Waals surface area (Å²) in [5.41, 5.74) is 2.87. The predicted octanol–water partition coefficient (Wildman–Crippen LogP) is 4.95. The Bertz CT molecular complexity index is 1590. The van der Waals surface area contributed by atoms with Gasteiger partial charge in [-0.25, -0.2) is 8.97 Å². The van der Waals surface area contributed by atoms with Gasteiger partial charge in [-0.15, -0.1) is 0 Å². The van der Waals surface area contributed by atoms with E-state index in [1.165, 1.54) is 0 Å². The van der Waals surface area contributed by atoms with Crippen molar-refractivity contribution in [3.05, 3.63) is 52.7 Å².